The lowest BCUT2D eigenvalue weighted by atomic mass is 9.82. The molecule has 3 atom stereocenters. The minimum atomic E-state index is -0.663. The number of rotatable bonds is 5. The number of hydrogen-bond acceptors (Lipinski definition) is 6. The molecule has 1 fully saturated rings. The summed E-state index contributed by atoms with van der Waals surface area (Å²) in [6, 6.07) is 22.8. The van der Waals surface area contributed by atoms with E-state index in [2.05, 4.69) is 27.0 Å². The van der Waals surface area contributed by atoms with E-state index in [4.69, 9.17) is 4.74 Å². The standard InChI is InChI=1S/C28H21BrN2O4S2/c1-15-5-4-6-16(13-15)14-35-20-8-3-2-7-19(20)21-22-24(36-25-23(21)37-28(34)30-25)27(33)31(26(22)32)18-11-9-17(29)10-12-18/h2-13,21-22,24H,14H2,1H3,(H,30,34). The predicted molar refractivity (Wildman–Crippen MR) is 149 cm³/mol. The van der Waals surface area contributed by atoms with Crippen LogP contribution in [0, 0.1) is 12.8 Å². The van der Waals surface area contributed by atoms with Gasteiger partial charge in [-0.05, 0) is 42.8 Å². The minimum absolute atomic E-state index is 0.203. The zero-order valence-electron chi connectivity index (χ0n) is 19.6. The third kappa shape index (κ3) is 4.35. The number of benzene rings is 3. The second-order valence-electron chi connectivity index (χ2n) is 9.05. The van der Waals surface area contributed by atoms with Crippen molar-refractivity contribution in [3.05, 3.63) is 109 Å². The zero-order chi connectivity index (χ0) is 25.7. The molecule has 1 saturated heterocycles. The van der Waals surface area contributed by atoms with Crippen LogP contribution in [-0.4, -0.2) is 22.0 Å². The minimum Gasteiger partial charge on any atom is -0.489 e. The molecule has 1 aromatic heterocycles. The number of carbonyl (C=O) groups is 2. The topological polar surface area (TPSA) is 79.5 Å². The Morgan fingerprint density at radius 1 is 0.973 bits per heavy atom. The monoisotopic (exact) mass is 592 g/mol. The smallest absolute Gasteiger partial charge is 0.305 e. The van der Waals surface area contributed by atoms with Crippen LogP contribution in [-0.2, 0) is 16.2 Å². The second kappa shape index (κ2) is 9.63. The number of aromatic amines is 1. The van der Waals surface area contributed by atoms with Gasteiger partial charge in [0.15, 0.2) is 0 Å². The number of fused-ring (bicyclic) bond motifs is 2. The number of carbonyl (C=O) groups excluding carboxylic acids is 2. The average molecular weight is 594 g/mol. The number of para-hydroxylation sites is 1. The summed E-state index contributed by atoms with van der Waals surface area (Å²) in [5, 5.41) is -0.00253. The van der Waals surface area contributed by atoms with E-state index >= 15 is 0 Å². The van der Waals surface area contributed by atoms with E-state index in [0.717, 1.165) is 37.4 Å². The van der Waals surface area contributed by atoms with Gasteiger partial charge in [-0.3, -0.25) is 14.4 Å². The first-order chi connectivity index (χ1) is 17.9. The van der Waals surface area contributed by atoms with Crippen LogP contribution in [0.5, 0.6) is 5.75 Å². The quantitative estimate of drug-likeness (QED) is 0.293. The van der Waals surface area contributed by atoms with Crippen LogP contribution in [0.3, 0.4) is 0 Å². The number of H-pyrrole nitrogens is 1. The molecule has 3 unspecified atom stereocenters. The second-order valence-corrected chi connectivity index (χ2v) is 12.1. The SMILES string of the molecule is Cc1cccc(COc2ccccc2C2c3sc(=O)[nH]c3SC3C(=O)N(c4ccc(Br)cc4)C(=O)C32)c1. The summed E-state index contributed by atoms with van der Waals surface area (Å²) in [6.45, 7) is 2.40. The van der Waals surface area contributed by atoms with Gasteiger partial charge in [0.1, 0.15) is 17.6 Å². The number of anilines is 1. The van der Waals surface area contributed by atoms with Crippen molar-refractivity contribution in [1.29, 1.82) is 0 Å². The Balaban J connectivity index is 1.42. The maximum absolute atomic E-state index is 13.9. The highest BCUT2D eigenvalue weighted by atomic mass is 79.9. The fourth-order valence-corrected chi connectivity index (χ4v) is 7.80. The van der Waals surface area contributed by atoms with E-state index in [0.29, 0.717) is 23.1 Å². The number of ether oxygens (including phenoxy) is 1. The van der Waals surface area contributed by atoms with Gasteiger partial charge in [-0.2, -0.15) is 0 Å². The molecule has 3 heterocycles. The molecule has 186 valence electrons. The van der Waals surface area contributed by atoms with Crippen LogP contribution in [0.2, 0.25) is 0 Å². The molecule has 3 aromatic carbocycles. The molecule has 2 amide bonds. The summed E-state index contributed by atoms with van der Waals surface area (Å²) >= 11 is 5.78. The molecule has 2 aliphatic heterocycles. The lowest BCUT2D eigenvalue weighted by Gasteiger charge is -2.30. The number of nitrogens with one attached hydrogen (secondary N) is 1. The Morgan fingerprint density at radius 3 is 2.54 bits per heavy atom. The average Bonchev–Trinajstić information content (AvgIpc) is 3.38. The first-order valence-corrected chi connectivity index (χ1v) is 14.2. The Kier molecular flexibility index (Phi) is 6.30. The summed E-state index contributed by atoms with van der Waals surface area (Å²) in [4.78, 5) is 44.7. The van der Waals surface area contributed by atoms with Crippen LogP contribution >= 0.6 is 39.0 Å². The van der Waals surface area contributed by atoms with E-state index in [9.17, 15) is 14.4 Å². The third-order valence-electron chi connectivity index (χ3n) is 6.64. The van der Waals surface area contributed by atoms with Crippen molar-refractivity contribution in [2.45, 2.75) is 29.7 Å². The lowest BCUT2D eigenvalue weighted by Crippen LogP contribution is -2.32. The van der Waals surface area contributed by atoms with Crippen LogP contribution in [0.25, 0.3) is 0 Å². The molecule has 2 aliphatic rings. The summed E-state index contributed by atoms with van der Waals surface area (Å²) in [6.07, 6.45) is 0. The van der Waals surface area contributed by atoms with Crippen LogP contribution < -0.4 is 14.5 Å². The summed E-state index contributed by atoms with van der Waals surface area (Å²) in [5.74, 6) is -1.06. The molecule has 9 heteroatoms. The maximum atomic E-state index is 13.9. The zero-order valence-corrected chi connectivity index (χ0v) is 22.9. The molecule has 0 aliphatic carbocycles. The van der Waals surface area contributed by atoms with Crippen molar-refractivity contribution in [2.24, 2.45) is 5.92 Å². The van der Waals surface area contributed by atoms with Gasteiger partial charge in [0, 0.05) is 20.8 Å². The number of aryl methyl sites for hydroxylation is 1. The Morgan fingerprint density at radius 2 is 1.76 bits per heavy atom. The third-order valence-corrected chi connectivity index (χ3v) is 9.57. The highest BCUT2D eigenvalue weighted by molar-refractivity contribution is 9.10. The number of hydrogen-bond donors (Lipinski definition) is 1. The Hall–Kier alpha value is -3.14. The first kappa shape index (κ1) is 24.2. The molecule has 0 radical (unpaired) electrons. The maximum Gasteiger partial charge on any atom is 0.305 e. The van der Waals surface area contributed by atoms with E-state index in [-0.39, 0.29) is 16.7 Å². The molecular formula is C28H21BrN2O4S2. The lowest BCUT2D eigenvalue weighted by molar-refractivity contribution is -0.122. The molecule has 4 aromatic rings. The van der Waals surface area contributed by atoms with E-state index in [1.165, 1.54) is 16.7 Å². The molecule has 0 bridgehead atoms. The van der Waals surface area contributed by atoms with Crippen LogP contribution in [0.1, 0.15) is 27.5 Å². The number of nitrogens with zero attached hydrogens (tertiary/aromatic N) is 1. The molecule has 6 rings (SSSR count). The van der Waals surface area contributed by atoms with Gasteiger partial charge in [-0.15, -0.1) is 0 Å². The summed E-state index contributed by atoms with van der Waals surface area (Å²) in [5.41, 5.74) is 3.51. The number of thiazole rings is 1. The number of aromatic nitrogens is 1. The fraction of sp³-hybridized carbons (Fsp3) is 0.179. The van der Waals surface area contributed by atoms with Crippen LogP contribution in [0.15, 0.2) is 87.1 Å². The highest BCUT2D eigenvalue weighted by Gasteiger charge is 2.56. The fourth-order valence-electron chi connectivity index (χ4n) is 5.03. The van der Waals surface area contributed by atoms with E-state index in [1.54, 1.807) is 12.1 Å². The predicted octanol–water partition coefficient (Wildman–Crippen LogP) is 5.88. The van der Waals surface area contributed by atoms with Crippen molar-refractivity contribution < 1.29 is 14.3 Å². The van der Waals surface area contributed by atoms with Crippen molar-refractivity contribution >= 4 is 56.5 Å². The summed E-state index contributed by atoms with van der Waals surface area (Å²) < 4.78 is 7.14. The summed E-state index contributed by atoms with van der Waals surface area (Å²) in [7, 11) is 0. The largest absolute Gasteiger partial charge is 0.489 e. The normalized spacial score (nSPS) is 20.6. The molecule has 0 spiro atoms. The highest BCUT2D eigenvalue weighted by Crippen LogP contribution is 2.54. The van der Waals surface area contributed by atoms with Gasteiger partial charge in [-0.25, -0.2) is 4.90 Å². The number of halogens is 1. The molecular weight excluding hydrogens is 572 g/mol. The van der Waals surface area contributed by atoms with Crippen molar-refractivity contribution in [3.8, 4) is 5.75 Å². The van der Waals surface area contributed by atoms with Crippen LogP contribution in [0.4, 0.5) is 5.69 Å². The van der Waals surface area contributed by atoms with Gasteiger partial charge in [0.05, 0.1) is 16.6 Å². The van der Waals surface area contributed by atoms with E-state index < -0.39 is 17.1 Å². The number of thioether (sulfide) groups is 1. The van der Waals surface area contributed by atoms with E-state index in [1.807, 2.05) is 61.5 Å². The van der Waals surface area contributed by atoms with Crippen molar-refractivity contribution in [2.75, 3.05) is 4.90 Å². The molecule has 6 nitrogen and oxygen atoms in total. The number of imide groups is 1. The van der Waals surface area contributed by atoms with Gasteiger partial charge in [0.2, 0.25) is 11.8 Å². The Labute approximate surface area is 229 Å². The van der Waals surface area contributed by atoms with Gasteiger partial charge >= 0.3 is 4.87 Å². The Bertz CT molecular complexity index is 1580. The van der Waals surface area contributed by atoms with Gasteiger partial charge in [-0.1, -0.05) is 87.1 Å². The van der Waals surface area contributed by atoms with Crippen molar-refractivity contribution in [1.82, 2.24) is 4.98 Å². The number of amides is 2. The molecule has 37 heavy (non-hydrogen) atoms. The molecule has 1 N–H and O–H groups in total. The molecule has 0 saturated carbocycles. The van der Waals surface area contributed by atoms with Crippen molar-refractivity contribution in [3.63, 3.8) is 0 Å². The first-order valence-electron chi connectivity index (χ1n) is 11.7. The van der Waals surface area contributed by atoms with Gasteiger partial charge < -0.3 is 9.72 Å². The van der Waals surface area contributed by atoms with Gasteiger partial charge in [0.25, 0.3) is 0 Å².